The van der Waals surface area contributed by atoms with E-state index in [1.54, 1.807) is 31.2 Å². The predicted octanol–water partition coefficient (Wildman–Crippen LogP) is 1.84. The Morgan fingerprint density at radius 1 is 1.17 bits per heavy atom. The first-order valence-electron chi connectivity index (χ1n) is 7.07. The summed E-state index contributed by atoms with van der Waals surface area (Å²) in [5.74, 6) is -1.06. The molecular formula is C17H16FN3O3. The quantitative estimate of drug-likeness (QED) is 0.625. The maximum atomic E-state index is 13.1. The lowest BCUT2D eigenvalue weighted by atomic mass is 10.1. The molecule has 0 saturated heterocycles. The number of ether oxygens (including phenoxy) is 1. The molecule has 0 aliphatic heterocycles. The summed E-state index contributed by atoms with van der Waals surface area (Å²) in [5, 5.41) is 3.98. The molecule has 0 spiro atoms. The van der Waals surface area contributed by atoms with E-state index in [1.807, 2.05) is 0 Å². The van der Waals surface area contributed by atoms with Crippen LogP contribution in [0.4, 0.5) is 4.39 Å². The number of halogens is 1. The zero-order valence-corrected chi connectivity index (χ0v) is 13.0. The molecule has 0 heterocycles. The Balaban J connectivity index is 2.00. The number of benzene rings is 2. The summed E-state index contributed by atoms with van der Waals surface area (Å²) in [5.41, 5.74) is 8.86. The van der Waals surface area contributed by atoms with Crippen molar-refractivity contribution in [3.63, 3.8) is 0 Å². The minimum atomic E-state index is -0.558. The minimum absolute atomic E-state index is 0.182. The largest absolute Gasteiger partial charge is 0.484 e. The van der Waals surface area contributed by atoms with Crippen LogP contribution < -0.4 is 15.9 Å². The summed E-state index contributed by atoms with van der Waals surface area (Å²) in [7, 11) is 0. The van der Waals surface area contributed by atoms with Gasteiger partial charge in [0.15, 0.2) is 6.61 Å². The van der Waals surface area contributed by atoms with Crippen molar-refractivity contribution < 1.29 is 18.7 Å². The number of carbonyl (C=O) groups is 2. The average molecular weight is 329 g/mol. The number of nitrogens with two attached hydrogens (primary N) is 1. The molecule has 0 unspecified atom stereocenters. The van der Waals surface area contributed by atoms with Gasteiger partial charge in [-0.1, -0.05) is 6.07 Å². The molecule has 2 aromatic rings. The van der Waals surface area contributed by atoms with Gasteiger partial charge in [-0.2, -0.15) is 5.10 Å². The van der Waals surface area contributed by atoms with E-state index in [0.717, 1.165) is 11.6 Å². The fraction of sp³-hybridized carbons (Fsp3) is 0.118. The third-order valence-corrected chi connectivity index (χ3v) is 3.07. The van der Waals surface area contributed by atoms with Crippen LogP contribution in [0, 0.1) is 5.82 Å². The lowest BCUT2D eigenvalue weighted by Crippen LogP contribution is -2.20. The Hall–Kier alpha value is -3.22. The molecule has 0 saturated carbocycles. The zero-order chi connectivity index (χ0) is 17.5. The second-order valence-electron chi connectivity index (χ2n) is 4.93. The number of amides is 2. The highest BCUT2D eigenvalue weighted by atomic mass is 19.1. The molecule has 2 aromatic carbocycles. The van der Waals surface area contributed by atoms with E-state index in [9.17, 15) is 14.0 Å². The van der Waals surface area contributed by atoms with E-state index < -0.39 is 17.6 Å². The van der Waals surface area contributed by atoms with Gasteiger partial charge < -0.3 is 10.5 Å². The summed E-state index contributed by atoms with van der Waals surface area (Å²) >= 11 is 0. The summed E-state index contributed by atoms with van der Waals surface area (Å²) in [4.78, 5) is 22.5. The number of nitrogens with one attached hydrogen (secondary N) is 1. The summed E-state index contributed by atoms with van der Waals surface area (Å²) in [6, 6.07) is 12.1. The van der Waals surface area contributed by atoms with Gasteiger partial charge in [0, 0.05) is 5.56 Å². The Kier molecular flexibility index (Phi) is 5.62. The molecule has 124 valence electrons. The third kappa shape index (κ3) is 4.91. The van der Waals surface area contributed by atoms with E-state index in [1.165, 1.54) is 18.2 Å². The number of carbonyl (C=O) groups excluding carboxylic acids is 2. The van der Waals surface area contributed by atoms with Gasteiger partial charge in [-0.25, -0.2) is 9.82 Å². The molecule has 0 bridgehead atoms. The van der Waals surface area contributed by atoms with Gasteiger partial charge in [0.05, 0.1) is 5.71 Å². The average Bonchev–Trinajstić information content (AvgIpc) is 2.58. The fourth-order valence-electron chi connectivity index (χ4n) is 1.84. The van der Waals surface area contributed by atoms with Crippen LogP contribution in [0.5, 0.6) is 5.75 Å². The van der Waals surface area contributed by atoms with Gasteiger partial charge in [0.2, 0.25) is 0 Å². The van der Waals surface area contributed by atoms with Gasteiger partial charge in [0.1, 0.15) is 11.6 Å². The Labute approximate surface area is 138 Å². The number of nitrogens with zero attached hydrogens (tertiary/aromatic N) is 1. The van der Waals surface area contributed by atoms with Crippen molar-refractivity contribution in [3.05, 3.63) is 65.5 Å². The number of primary amides is 1. The molecule has 0 radical (unpaired) electrons. The van der Waals surface area contributed by atoms with Crippen molar-refractivity contribution in [2.24, 2.45) is 10.8 Å². The molecule has 3 N–H and O–H groups in total. The van der Waals surface area contributed by atoms with Crippen LogP contribution in [0.25, 0.3) is 0 Å². The van der Waals surface area contributed by atoms with Crippen LogP contribution in [0.3, 0.4) is 0 Å². The molecule has 0 atom stereocenters. The van der Waals surface area contributed by atoms with Crippen molar-refractivity contribution in [1.82, 2.24) is 5.43 Å². The summed E-state index contributed by atoms with van der Waals surface area (Å²) < 4.78 is 18.2. The second kappa shape index (κ2) is 7.87. The van der Waals surface area contributed by atoms with Gasteiger partial charge in [-0.3, -0.25) is 9.59 Å². The van der Waals surface area contributed by atoms with E-state index >= 15 is 0 Å². The minimum Gasteiger partial charge on any atom is -0.484 e. The monoisotopic (exact) mass is 329 g/mol. The lowest BCUT2D eigenvalue weighted by Gasteiger charge is -2.06. The SMILES string of the molecule is C/C(=N/NC(=O)c1cccc(F)c1)c1ccc(OCC(N)=O)cc1. The zero-order valence-electron chi connectivity index (χ0n) is 13.0. The first kappa shape index (κ1) is 17.1. The van der Waals surface area contributed by atoms with Crippen molar-refractivity contribution in [1.29, 1.82) is 0 Å². The maximum Gasteiger partial charge on any atom is 0.271 e. The van der Waals surface area contributed by atoms with Crippen LogP contribution in [0.15, 0.2) is 53.6 Å². The second-order valence-corrected chi connectivity index (χ2v) is 4.93. The molecule has 7 heteroatoms. The van der Waals surface area contributed by atoms with Gasteiger partial charge in [-0.05, 0) is 55.0 Å². The van der Waals surface area contributed by atoms with Crippen LogP contribution in [-0.4, -0.2) is 24.1 Å². The Bertz CT molecular complexity index is 773. The van der Waals surface area contributed by atoms with E-state index in [4.69, 9.17) is 10.5 Å². The number of rotatable bonds is 6. The van der Waals surface area contributed by atoms with E-state index in [-0.39, 0.29) is 12.2 Å². The molecule has 0 aliphatic rings. The normalized spacial score (nSPS) is 11.0. The highest BCUT2D eigenvalue weighted by Gasteiger charge is 2.06. The highest BCUT2D eigenvalue weighted by Crippen LogP contribution is 2.12. The molecule has 2 rings (SSSR count). The Morgan fingerprint density at radius 2 is 1.88 bits per heavy atom. The van der Waals surface area contributed by atoms with Crippen molar-refractivity contribution >= 4 is 17.5 Å². The number of hydrazone groups is 1. The molecule has 0 aliphatic carbocycles. The van der Waals surface area contributed by atoms with Crippen LogP contribution in [0.2, 0.25) is 0 Å². The number of hydrogen-bond donors (Lipinski definition) is 2. The maximum absolute atomic E-state index is 13.1. The van der Waals surface area contributed by atoms with Gasteiger partial charge >= 0.3 is 0 Å². The van der Waals surface area contributed by atoms with Crippen LogP contribution in [0.1, 0.15) is 22.8 Å². The molecule has 6 nitrogen and oxygen atoms in total. The molecule has 24 heavy (non-hydrogen) atoms. The number of hydrogen-bond acceptors (Lipinski definition) is 4. The van der Waals surface area contributed by atoms with Crippen molar-refractivity contribution in [3.8, 4) is 5.75 Å². The molecule has 0 fully saturated rings. The Morgan fingerprint density at radius 3 is 2.50 bits per heavy atom. The third-order valence-electron chi connectivity index (χ3n) is 3.07. The first-order chi connectivity index (χ1) is 11.5. The molecule has 0 aromatic heterocycles. The van der Waals surface area contributed by atoms with Crippen molar-refractivity contribution in [2.75, 3.05) is 6.61 Å². The van der Waals surface area contributed by atoms with Gasteiger partial charge in [0.25, 0.3) is 11.8 Å². The fourth-order valence-corrected chi connectivity index (χ4v) is 1.84. The first-order valence-corrected chi connectivity index (χ1v) is 7.07. The predicted molar refractivity (Wildman–Crippen MR) is 87.2 cm³/mol. The molecule has 2 amide bonds. The summed E-state index contributed by atoms with van der Waals surface area (Å²) in [6.45, 7) is 1.52. The van der Waals surface area contributed by atoms with E-state index in [2.05, 4.69) is 10.5 Å². The van der Waals surface area contributed by atoms with Crippen LogP contribution >= 0.6 is 0 Å². The smallest absolute Gasteiger partial charge is 0.271 e. The van der Waals surface area contributed by atoms with E-state index in [0.29, 0.717) is 11.5 Å². The topological polar surface area (TPSA) is 93.8 Å². The lowest BCUT2D eigenvalue weighted by molar-refractivity contribution is -0.119. The highest BCUT2D eigenvalue weighted by molar-refractivity contribution is 6.00. The van der Waals surface area contributed by atoms with Gasteiger partial charge in [-0.15, -0.1) is 0 Å². The summed E-state index contributed by atoms with van der Waals surface area (Å²) in [6.07, 6.45) is 0. The van der Waals surface area contributed by atoms with Crippen LogP contribution in [-0.2, 0) is 4.79 Å². The standard InChI is InChI=1S/C17H16FN3O3/c1-11(12-5-7-15(8-6-12)24-10-16(19)22)20-21-17(23)13-3-2-4-14(18)9-13/h2-9H,10H2,1H3,(H2,19,22)(H,21,23)/b20-11-. The van der Waals surface area contributed by atoms with Crippen molar-refractivity contribution in [2.45, 2.75) is 6.92 Å². The molecular weight excluding hydrogens is 313 g/mol.